The standard InChI is InChI=1S/C16H21ClN2OS/c1-16(2,3)14-9-21-15(19-14)8-12(18)11-7-10(17)5-6-13(11)20-4/h5-7,9,12H,8,18H2,1-4H3. The second-order valence-electron chi connectivity index (χ2n) is 6.07. The zero-order chi connectivity index (χ0) is 15.6. The fourth-order valence-corrected chi connectivity index (χ4v) is 3.30. The Morgan fingerprint density at radius 1 is 1.38 bits per heavy atom. The molecule has 1 heterocycles. The van der Waals surface area contributed by atoms with Gasteiger partial charge in [-0.05, 0) is 18.2 Å². The molecule has 0 radical (unpaired) electrons. The van der Waals surface area contributed by atoms with Crippen molar-refractivity contribution in [2.24, 2.45) is 5.73 Å². The van der Waals surface area contributed by atoms with E-state index in [0.717, 1.165) is 22.0 Å². The highest BCUT2D eigenvalue weighted by Gasteiger charge is 2.19. The molecule has 2 rings (SSSR count). The van der Waals surface area contributed by atoms with Gasteiger partial charge in [0.05, 0.1) is 17.8 Å². The first kappa shape index (κ1) is 16.3. The van der Waals surface area contributed by atoms with E-state index in [1.807, 2.05) is 12.1 Å². The van der Waals surface area contributed by atoms with Gasteiger partial charge >= 0.3 is 0 Å². The van der Waals surface area contributed by atoms with Crippen molar-refractivity contribution in [1.82, 2.24) is 4.98 Å². The van der Waals surface area contributed by atoms with Crippen LogP contribution in [0.25, 0.3) is 0 Å². The Hall–Kier alpha value is -1.10. The van der Waals surface area contributed by atoms with Gasteiger partial charge in [0.1, 0.15) is 5.75 Å². The third kappa shape index (κ3) is 3.96. The topological polar surface area (TPSA) is 48.1 Å². The molecule has 21 heavy (non-hydrogen) atoms. The van der Waals surface area contributed by atoms with Crippen LogP contribution in [-0.2, 0) is 11.8 Å². The van der Waals surface area contributed by atoms with Crippen molar-refractivity contribution in [2.45, 2.75) is 38.6 Å². The summed E-state index contributed by atoms with van der Waals surface area (Å²) in [7, 11) is 1.64. The SMILES string of the molecule is COc1ccc(Cl)cc1C(N)Cc1nc(C(C)(C)C)cs1. The molecule has 114 valence electrons. The lowest BCUT2D eigenvalue weighted by molar-refractivity contribution is 0.405. The van der Waals surface area contributed by atoms with Gasteiger partial charge in [0.25, 0.3) is 0 Å². The molecule has 0 aliphatic carbocycles. The Labute approximate surface area is 135 Å². The van der Waals surface area contributed by atoms with Crippen molar-refractivity contribution in [1.29, 1.82) is 0 Å². The molecule has 1 aromatic heterocycles. The second kappa shape index (κ2) is 6.34. The van der Waals surface area contributed by atoms with Crippen LogP contribution in [0.5, 0.6) is 5.75 Å². The summed E-state index contributed by atoms with van der Waals surface area (Å²) in [5.74, 6) is 0.763. The average Bonchev–Trinajstić information content (AvgIpc) is 2.87. The highest BCUT2D eigenvalue weighted by Crippen LogP contribution is 2.31. The van der Waals surface area contributed by atoms with Crippen molar-refractivity contribution >= 4 is 22.9 Å². The Morgan fingerprint density at radius 3 is 2.67 bits per heavy atom. The van der Waals surface area contributed by atoms with Gasteiger partial charge in [-0.2, -0.15) is 0 Å². The van der Waals surface area contributed by atoms with Crippen LogP contribution in [0.4, 0.5) is 0 Å². The number of ether oxygens (including phenoxy) is 1. The third-order valence-electron chi connectivity index (χ3n) is 3.31. The molecular formula is C16H21ClN2OS. The molecule has 2 N–H and O–H groups in total. The van der Waals surface area contributed by atoms with E-state index in [1.165, 1.54) is 0 Å². The molecule has 0 bridgehead atoms. The quantitative estimate of drug-likeness (QED) is 0.909. The van der Waals surface area contributed by atoms with Crippen LogP contribution in [0.3, 0.4) is 0 Å². The molecule has 0 fully saturated rings. The summed E-state index contributed by atoms with van der Waals surface area (Å²) in [6, 6.07) is 5.33. The van der Waals surface area contributed by atoms with E-state index < -0.39 is 0 Å². The first-order valence-corrected chi connectivity index (χ1v) is 8.11. The van der Waals surface area contributed by atoms with Gasteiger partial charge in [-0.15, -0.1) is 11.3 Å². The van der Waals surface area contributed by atoms with Crippen LogP contribution < -0.4 is 10.5 Å². The molecule has 1 atom stereocenters. The number of rotatable bonds is 4. The first-order chi connectivity index (χ1) is 9.81. The molecule has 0 spiro atoms. The number of benzene rings is 1. The molecule has 3 nitrogen and oxygen atoms in total. The summed E-state index contributed by atoms with van der Waals surface area (Å²) >= 11 is 7.71. The summed E-state index contributed by atoms with van der Waals surface area (Å²) in [5.41, 5.74) is 8.40. The van der Waals surface area contributed by atoms with Gasteiger partial charge in [-0.3, -0.25) is 0 Å². The van der Waals surface area contributed by atoms with Crippen molar-refractivity contribution < 1.29 is 4.74 Å². The summed E-state index contributed by atoms with van der Waals surface area (Å²) in [6.45, 7) is 6.48. The summed E-state index contributed by atoms with van der Waals surface area (Å²) < 4.78 is 5.36. The summed E-state index contributed by atoms with van der Waals surface area (Å²) in [5, 5.41) is 3.81. The second-order valence-corrected chi connectivity index (χ2v) is 7.45. The summed E-state index contributed by atoms with van der Waals surface area (Å²) in [4.78, 5) is 4.69. The van der Waals surface area contributed by atoms with Crippen LogP contribution in [-0.4, -0.2) is 12.1 Å². The Kier molecular flexibility index (Phi) is 4.91. The molecule has 5 heteroatoms. The average molecular weight is 325 g/mol. The minimum atomic E-state index is -0.183. The van der Waals surface area contributed by atoms with E-state index in [1.54, 1.807) is 24.5 Å². The number of halogens is 1. The Bertz CT molecular complexity index is 619. The number of nitrogens with two attached hydrogens (primary N) is 1. The van der Waals surface area contributed by atoms with E-state index >= 15 is 0 Å². The number of methoxy groups -OCH3 is 1. The molecule has 0 saturated heterocycles. The molecule has 1 aromatic carbocycles. The minimum absolute atomic E-state index is 0.0621. The van der Waals surface area contributed by atoms with E-state index in [4.69, 9.17) is 22.1 Å². The lowest BCUT2D eigenvalue weighted by Gasteiger charge is -2.16. The smallest absolute Gasteiger partial charge is 0.123 e. The zero-order valence-electron chi connectivity index (χ0n) is 12.8. The Morgan fingerprint density at radius 2 is 2.10 bits per heavy atom. The van der Waals surface area contributed by atoms with Gasteiger partial charge < -0.3 is 10.5 Å². The maximum absolute atomic E-state index is 6.32. The minimum Gasteiger partial charge on any atom is -0.496 e. The predicted octanol–water partition coefficient (Wildman–Crippen LogP) is 4.35. The van der Waals surface area contributed by atoms with Crippen LogP contribution >= 0.6 is 22.9 Å². The first-order valence-electron chi connectivity index (χ1n) is 6.85. The van der Waals surface area contributed by atoms with Crippen LogP contribution in [0, 0.1) is 0 Å². The van der Waals surface area contributed by atoms with Gasteiger partial charge in [-0.25, -0.2) is 4.98 Å². The van der Waals surface area contributed by atoms with Crippen molar-refractivity contribution in [3.8, 4) is 5.75 Å². The van der Waals surface area contributed by atoms with E-state index in [2.05, 4.69) is 31.1 Å². The van der Waals surface area contributed by atoms with Crippen LogP contribution in [0.1, 0.15) is 43.1 Å². The molecule has 0 saturated carbocycles. The van der Waals surface area contributed by atoms with Crippen molar-refractivity contribution in [3.05, 3.63) is 44.9 Å². The normalized spacial score (nSPS) is 13.2. The Balaban J connectivity index is 2.20. The molecular weight excluding hydrogens is 304 g/mol. The van der Waals surface area contributed by atoms with Crippen molar-refractivity contribution in [2.75, 3.05) is 7.11 Å². The lowest BCUT2D eigenvalue weighted by atomic mass is 9.93. The van der Waals surface area contributed by atoms with Gasteiger partial charge in [-0.1, -0.05) is 32.4 Å². The van der Waals surface area contributed by atoms with Crippen LogP contribution in [0.15, 0.2) is 23.6 Å². The lowest BCUT2D eigenvalue weighted by Crippen LogP contribution is -2.15. The highest BCUT2D eigenvalue weighted by atomic mass is 35.5. The van der Waals surface area contributed by atoms with Gasteiger partial charge in [0.15, 0.2) is 0 Å². The number of hydrogen-bond acceptors (Lipinski definition) is 4. The largest absolute Gasteiger partial charge is 0.496 e. The monoisotopic (exact) mass is 324 g/mol. The number of hydrogen-bond donors (Lipinski definition) is 1. The fraction of sp³-hybridized carbons (Fsp3) is 0.438. The fourth-order valence-electron chi connectivity index (χ4n) is 2.04. The summed E-state index contributed by atoms with van der Waals surface area (Å²) in [6.07, 6.45) is 0.678. The zero-order valence-corrected chi connectivity index (χ0v) is 14.4. The third-order valence-corrected chi connectivity index (χ3v) is 4.41. The molecule has 2 aromatic rings. The molecule has 0 aliphatic rings. The maximum Gasteiger partial charge on any atom is 0.123 e. The van der Waals surface area contributed by atoms with Crippen molar-refractivity contribution in [3.63, 3.8) is 0 Å². The maximum atomic E-state index is 6.32. The molecule has 1 unspecified atom stereocenters. The predicted molar refractivity (Wildman–Crippen MR) is 89.5 cm³/mol. The molecule has 0 aliphatic heterocycles. The van der Waals surface area contributed by atoms with Gasteiger partial charge in [0, 0.05) is 33.8 Å². The highest BCUT2D eigenvalue weighted by molar-refractivity contribution is 7.09. The number of nitrogens with zero attached hydrogens (tertiary/aromatic N) is 1. The van der Waals surface area contributed by atoms with Gasteiger partial charge in [0.2, 0.25) is 0 Å². The van der Waals surface area contributed by atoms with E-state index in [-0.39, 0.29) is 11.5 Å². The van der Waals surface area contributed by atoms with Crippen LogP contribution in [0.2, 0.25) is 5.02 Å². The van der Waals surface area contributed by atoms with E-state index in [9.17, 15) is 0 Å². The molecule has 0 amide bonds. The number of aromatic nitrogens is 1. The number of thiazole rings is 1. The van der Waals surface area contributed by atoms with E-state index in [0.29, 0.717) is 11.4 Å².